The van der Waals surface area contributed by atoms with Gasteiger partial charge >= 0.3 is 39.5 Å². The summed E-state index contributed by atoms with van der Waals surface area (Å²) in [6.07, 6.45) is 52.9. The summed E-state index contributed by atoms with van der Waals surface area (Å²) in [7, 11) is -9.91. The van der Waals surface area contributed by atoms with E-state index in [0.29, 0.717) is 25.7 Å². The minimum Gasteiger partial charge on any atom is -0.462 e. The number of aliphatic hydroxyl groups excluding tert-OH is 1. The largest absolute Gasteiger partial charge is 0.472 e. The van der Waals surface area contributed by atoms with Gasteiger partial charge in [-0.15, -0.1) is 0 Å². The maximum Gasteiger partial charge on any atom is 0.472 e. The maximum atomic E-state index is 13.1. The molecule has 564 valence electrons. The van der Waals surface area contributed by atoms with Gasteiger partial charge in [0.1, 0.15) is 19.3 Å². The molecule has 0 aromatic heterocycles. The summed E-state index contributed by atoms with van der Waals surface area (Å²) in [6.45, 7) is 11.8. The lowest BCUT2D eigenvalue weighted by Gasteiger charge is -2.21. The fourth-order valence-corrected chi connectivity index (χ4v) is 13.1. The summed E-state index contributed by atoms with van der Waals surface area (Å²) in [5, 5.41) is 10.6. The molecule has 0 saturated carbocycles. The summed E-state index contributed by atoms with van der Waals surface area (Å²) >= 11 is 0. The third kappa shape index (κ3) is 69.0. The Morgan fingerprint density at radius 2 is 0.537 bits per heavy atom. The fourth-order valence-electron chi connectivity index (χ4n) is 11.6. The lowest BCUT2D eigenvalue weighted by molar-refractivity contribution is -0.161. The van der Waals surface area contributed by atoms with E-state index in [1.807, 2.05) is 0 Å². The average molecular weight is 1400 g/mol. The molecule has 0 saturated heterocycles. The number of aliphatic hydroxyl groups is 1. The molecule has 6 atom stereocenters. The molecule has 19 heteroatoms. The number of rotatable bonds is 74. The van der Waals surface area contributed by atoms with Gasteiger partial charge in [-0.3, -0.25) is 37.3 Å². The van der Waals surface area contributed by atoms with E-state index >= 15 is 0 Å². The van der Waals surface area contributed by atoms with Crippen molar-refractivity contribution in [3.63, 3.8) is 0 Å². The van der Waals surface area contributed by atoms with Crippen LogP contribution < -0.4 is 0 Å². The molecule has 0 spiro atoms. The Morgan fingerprint density at radius 1 is 0.305 bits per heavy atom. The Hall–Kier alpha value is -1.94. The third-order valence-corrected chi connectivity index (χ3v) is 19.9. The van der Waals surface area contributed by atoms with Crippen molar-refractivity contribution in [3.05, 3.63) is 0 Å². The predicted octanol–water partition coefficient (Wildman–Crippen LogP) is 22.2. The topological polar surface area (TPSA) is 237 Å². The second-order valence-corrected chi connectivity index (χ2v) is 31.5. The van der Waals surface area contributed by atoms with Crippen molar-refractivity contribution >= 4 is 39.5 Å². The highest BCUT2D eigenvalue weighted by Crippen LogP contribution is 2.45. The number of unbranched alkanes of at least 4 members (excludes halogenated alkanes) is 41. The first-order valence-electron chi connectivity index (χ1n) is 39.4. The Balaban J connectivity index is 5.20. The van der Waals surface area contributed by atoms with Crippen molar-refractivity contribution in [3.8, 4) is 0 Å². The number of phosphoric ester groups is 2. The van der Waals surface area contributed by atoms with Gasteiger partial charge in [0.2, 0.25) is 0 Å². The van der Waals surface area contributed by atoms with Crippen molar-refractivity contribution < 1.29 is 80.2 Å². The van der Waals surface area contributed by atoms with Crippen LogP contribution in [0.1, 0.15) is 389 Å². The van der Waals surface area contributed by atoms with Crippen LogP contribution in [0, 0.1) is 17.8 Å². The van der Waals surface area contributed by atoms with Gasteiger partial charge in [0.25, 0.3) is 0 Å². The van der Waals surface area contributed by atoms with Crippen molar-refractivity contribution in [2.24, 2.45) is 17.8 Å². The first kappa shape index (κ1) is 93.1. The maximum absolute atomic E-state index is 13.1. The normalized spacial score (nSPS) is 14.4. The van der Waals surface area contributed by atoms with Gasteiger partial charge in [0, 0.05) is 25.7 Å². The zero-order valence-corrected chi connectivity index (χ0v) is 63.9. The number of hydrogen-bond donors (Lipinski definition) is 3. The molecular weight excluding hydrogens is 1250 g/mol. The van der Waals surface area contributed by atoms with Crippen LogP contribution in [0.25, 0.3) is 0 Å². The van der Waals surface area contributed by atoms with Crippen LogP contribution in [0.2, 0.25) is 0 Å². The van der Waals surface area contributed by atoms with E-state index < -0.39 is 97.5 Å². The number of phosphoric acid groups is 2. The highest BCUT2D eigenvalue weighted by atomic mass is 31.2. The van der Waals surface area contributed by atoms with Crippen LogP contribution in [0.15, 0.2) is 0 Å². The number of esters is 4. The molecule has 0 aromatic carbocycles. The van der Waals surface area contributed by atoms with E-state index in [1.54, 1.807) is 0 Å². The summed E-state index contributed by atoms with van der Waals surface area (Å²) in [6, 6.07) is 0. The van der Waals surface area contributed by atoms with Crippen LogP contribution in [0.4, 0.5) is 0 Å². The van der Waals surface area contributed by atoms with E-state index in [4.69, 9.17) is 37.0 Å². The second kappa shape index (κ2) is 66.6. The first-order valence-corrected chi connectivity index (χ1v) is 42.4. The molecule has 95 heavy (non-hydrogen) atoms. The van der Waals surface area contributed by atoms with Gasteiger partial charge in [0.15, 0.2) is 12.2 Å². The Morgan fingerprint density at radius 3 is 0.800 bits per heavy atom. The number of ether oxygens (including phenoxy) is 4. The molecule has 0 fully saturated rings. The molecule has 0 heterocycles. The van der Waals surface area contributed by atoms with Crippen LogP contribution in [-0.4, -0.2) is 96.7 Å². The molecule has 0 bridgehead atoms. The molecule has 3 N–H and O–H groups in total. The standard InChI is InChI=1S/C76H148O17P2/c1-8-10-11-12-13-14-15-22-26-29-35-43-50-57-73(78)86-63-71(92-75(80)59-52-45-36-30-27-24-21-19-17-16-18-20-23-25-28-33-40-47-54-67(3)4)65-90-94(82,83)88-61-70(77)62-89-95(84,85)91-66-72(64-87-74(79)58-51-44-39-38-42-49-56-69(7)9-2)93-76(81)60-53-46-37-32-31-34-41-48-55-68(5)6/h67-72,77H,8-66H2,1-7H3,(H,82,83)(H,84,85)/t69?,70-,71-,72-/m1/s1. The molecular formula is C76H148O17P2. The molecule has 0 amide bonds. The molecule has 0 radical (unpaired) electrons. The van der Waals surface area contributed by atoms with Gasteiger partial charge in [0.05, 0.1) is 26.4 Å². The lowest BCUT2D eigenvalue weighted by atomic mass is 10.00. The highest BCUT2D eigenvalue weighted by Gasteiger charge is 2.30. The summed E-state index contributed by atoms with van der Waals surface area (Å²) in [5.74, 6) is 0.149. The smallest absolute Gasteiger partial charge is 0.462 e. The predicted molar refractivity (Wildman–Crippen MR) is 386 cm³/mol. The molecule has 3 unspecified atom stereocenters. The second-order valence-electron chi connectivity index (χ2n) is 28.6. The van der Waals surface area contributed by atoms with Crippen molar-refractivity contribution in [2.75, 3.05) is 39.6 Å². The van der Waals surface area contributed by atoms with Gasteiger partial charge < -0.3 is 33.8 Å². The van der Waals surface area contributed by atoms with Gasteiger partial charge in [-0.2, -0.15) is 0 Å². The van der Waals surface area contributed by atoms with Crippen molar-refractivity contribution in [1.82, 2.24) is 0 Å². The van der Waals surface area contributed by atoms with E-state index in [2.05, 4.69) is 48.5 Å². The SMILES string of the molecule is CCCCCCCCCCCCCCCC(=O)OC[C@H](COP(=O)(O)OC[C@@H](O)COP(=O)(O)OC[C@@H](COC(=O)CCCCCCCCC(C)CC)OC(=O)CCCCCCCCCCC(C)C)OC(=O)CCCCCCCCCCCCCCCCCCCCC(C)C. The van der Waals surface area contributed by atoms with E-state index in [0.717, 1.165) is 114 Å². The Bertz CT molecular complexity index is 1850. The zero-order valence-electron chi connectivity index (χ0n) is 62.1. The first-order chi connectivity index (χ1) is 45.8. The monoisotopic (exact) mass is 1400 g/mol. The Labute approximate surface area is 581 Å². The van der Waals surface area contributed by atoms with Crippen LogP contribution in [-0.2, 0) is 65.4 Å². The van der Waals surface area contributed by atoms with Crippen molar-refractivity contribution in [1.29, 1.82) is 0 Å². The molecule has 0 aliphatic rings. The van der Waals surface area contributed by atoms with Gasteiger partial charge in [-0.1, -0.05) is 337 Å². The van der Waals surface area contributed by atoms with Crippen LogP contribution in [0.3, 0.4) is 0 Å². The molecule has 0 aliphatic heterocycles. The van der Waals surface area contributed by atoms with E-state index in [1.165, 1.54) is 193 Å². The van der Waals surface area contributed by atoms with E-state index in [9.17, 15) is 43.2 Å². The molecule has 0 aliphatic carbocycles. The molecule has 17 nitrogen and oxygen atoms in total. The van der Waals surface area contributed by atoms with Gasteiger partial charge in [-0.25, -0.2) is 9.13 Å². The van der Waals surface area contributed by atoms with E-state index in [-0.39, 0.29) is 25.7 Å². The number of hydrogen-bond acceptors (Lipinski definition) is 15. The lowest BCUT2D eigenvalue weighted by Crippen LogP contribution is -2.30. The minimum atomic E-state index is -4.96. The number of carbonyl (C=O) groups excluding carboxylic acids is 4. The van der Waals surface area contributed by atoms with Crippen LogP contribution >= 0.6 is 15.6 Å². The summed E-state index contributed by atoms with van der Waals surface area (Å²) in [4.78, 5) is 72.7. The molecule has 0 rings (SSSR count). The molecule has 0 aromatic rings. The third-order valence-electron chi connectivity index (χ3n) is 18.0. The van der Waals surface area contributed by atoms with Crippen molar-refractivity contribution in [2.45, 2.75) is 407 Å². The minimum absolute atomic E-state index is 0.104. The van der Waals surface area contributed by atoms with Crippen LogP contribution in [0.5, 0.6) is 0 Å². The van der Waals surface area contributed by atoms with Gasteiger partial charge in [-0.05, 0) is 43.4 Å². The zero-order chi connectivity index (χ0) is 70.1. The quantitative estimate of drug-likeness (QED) is 0.0222. The Kier molecular flexibility index (Phi) is 65.2. The highest BCUT2D eigenvalue weighted by molar-refractivity contribution is 7.47. The summed E-state index contributed by atoms with van der Waals surface area (Å²) < 4.78 is 68.5. The fraction of sp³-hybridized carbons (Fsp3) is 0.947. The summed E-state index contributed by atoms with van der Waals surface area (Å²) in [5.41, 5.74) is 0. The number of carbonyl (C=O) groups is 4. The average Bonchev–Trinajstić information content (AvgIpc) is 2.34.